The molecule has 0 amide bonds. The molecule has 8 nitrogen and oxygen atoms in total. The zero-order chi connectivity index (χ0) is 22.5. The first-order valence-corrected chi connectivity index (χ1v) is 9.26. The molecule has 0 aromatic carbocycles. The summed E-state index contributed by atoms with van der Waals surface area (Å²) in [5.74, 6) is -2.11. The zero-order valence-corrected chi connectivity index (χ0v) is 17.3. The number of halogens is 4. The predicted octanol–water partition coefficient (Wildman–Crippen LogP) is 3.46. The Hall–Kier alpha value is -2.44. The molecule has 2 atom stereocenters. The highest BCUT2D eigenvalue weighted by atomic mass is 79.9. The van der Waals surface area contributed by atoms with Crippen LogP contribution in [-0.2, 0) is 9.47 Å². The van der Waals surface area contributed by atoms with Crippen molar-refractivity contribution >= 4 is 27.7 Å². The number of alkyl halides is 2. The van der Waals surface area contributed by atoms with Crippen molar-refractivity contribution in [1.29, 1.82) is 0 Å². The summed E-state index contributed by atoms with van der Waals surface area (Å²) in [6, 6.07) is 4.76. The van der Waals surface area contributed by atoms with Crippen LogP contribution in [0.2, 0.25) is 0 Å². The summed E-state index contributed by atoms with van der Waals surface area (Å²) in [6.45, 7) is -0.662. The smallest absolute Gasteiger partial charge is 0.354 e. The third kappa shape index (κ3) is 4.50. The molecule has 1 aliphatic carbocycles. The van der Waals surface area contributed by atoms with E-state index in [1.165, 1.54) is 18.3 Å². The lowest BCUT2D eigenvalue weighted by Gasteiger charge is -2.49. The standard InChI is InChI=1S/C12H14BrF3N3O2.C6H5NO2/c1-20-12(3-6(17)2-7(13)9(12)14)11(10(15)16)5-21-4-8(18)19-11;8-6(9)5-3-1-2-4-7-5/h2,10,17H,3-5H2,1H3,(H2,18,19);1-4H,(H,8,9)/q-1;. The minimum atomic E-state index is -3.09. The summed E-state index contributed by atoms with van der Waals surface area (Å²) >= 11 is 2.93. The molecule has 2 unspecified atom stereocenters. The number of hydrogen-bond donors (Lipinski definition) is 2. The van der Waals surface area contributed by atoms with Crippen LogP contribution in [0.15, 0.2) is 51.5 Å². The number of nitrogens with two attached hydrogens (primary N) is 1. The van der Waals surface area contributed by atoms with Gasteiger partial charge in [0.2, 0.25) is 0 Å². The van der Waals surface area contributed by atoms with E-state index in [1.807, 2.05) is 0 Å². The molecule has 3 rings (SSSR count). The molecular weight excluding hydrogens is 473 g/mol. The van der Waals surface area contributed by atoms with E-state index in [-0.39, 0.29) is 28.3 Å². The van der Waals surface area contributed by atoms with Gasteiger partial charge in [-0.2, -0.15) is 5.70 Å². The number of aliphatic imine (C=N–C) groups is 1. The van der Waals surface area contributed by atoms with E-state index in [1.54, 1.807) is 12.1 Å². The van der Waals surface area contributed by atoms with Crippen molar-refractivity contribution in [1.82, 2.24) is 4.98 Å². The minimum absolute atomic E-state index is 0.0653. The maximum atomic E-state index is 14.7. The number of pyridine rings is 1. The van der Waals surface area contributed by atoms with Crippen molar-refractivity contribution in [2.24, 2.45) is 10.7 Å². The van der Waals surface area contributed by atoms with Crippen LogP contribution in [0.3, 0.4) is 0 Å². The number of methoxy groups -OCH3 is 1. The van der Waals surface area contributed by atoms with Crippen LogP contribution in [0, 0.1) is 0 Å². The van der Waals surface area contributed by atoms with Gasteiger partial charge in [-0.15, -0.1) is 0 Å². The van der Waals surface area contributed by atoms with Crippen LogP contribution in [-0.4, -0.2) is 59.8 Å². The lowest BCUT2D eigenvalue weighted by Crippen LogP contribution is -2.65. The number of ether oxygens (including phenoxy) is 2. The maximum absolute atomic E-state index is 14.7. The number of rotatable bonds is 4. The van der Waals surface area contributed by atoms with Gasteiger partial charge >= 0.3 is 5.97 Å². The number of aromatic carboxylic acids is 1. The predicted molar refractivity (Wildman–Crippen MR) is 106 cm³/mol. The Morgan fingerprint density at radius 1 is 1.47 bits per heavy atom. The first kappa shape index (κ1) is 23.8. The van der Waals surface area contributed by atoms with E-state index in [9.17, 15) is 18.0 Å². The molecule has 1 aliphatic heterocycles. The highest BCUT2D eigenvalue weighted by Crippen LogP contribution is 2.50. The average Bonchev–Trinajstić information content (AvgIpc) is 2.71. The lowest BCUT2D eigenvalue weighted by molar-refractivity contribution is -0.141. The Morgan fingerprint density at radius 2 is 2.17 bits per heavy atom. The Bertz CT molecular complexity index is 881. The molecule has 30 heavy (non-hydrogen) atoms. The molecule has 1 aromatic rings. The van der Waals surface area contributed by atoms with Crippen molar-refractivity contribution in [2.75, 3.05) is 20.3 Å². The van der Waals surface area contributed by atoms with Crippen molar-refractivity contribution in [3.8, 4) is 0 Å². The van der Waals surface area contributed by atoms with Gasteiger partial charge in [0, 0.05) is 13.3 Å². The lowest BCUT2D eigenvalue weighted by atomic mass is 9.74. The summed E-state index contributed by atoms with van der Waals surface area (Å²) in [6.07, 6.45) is -0.839. The Labute approximate surface area is 178 Å². The Balaban J connectivity index is 0.000000297. The molecule has 4 N–H and O–H groups in total. The van der Waals surface area contributed by atoms with Crippen LogP contribution in [0.5, 0.6) is 0 Å². The molecule has 0 saturated heterocycles. The van der Waals surface area contributed by atoms with Crippen molar-refractivity contribution in [3.63, 3.8) is 0 Å². The van der Waals surface area contributed by atoms with Crippen LogP contribution in [0.1, 0.15) is 16.9 Å². The second kappa shape index (κ2) is 9.58. The van der Waals surface area contributed by atoms with E-state index in [0.29, 0.717) is 0 Å². The molecule has 0 radical (unpaired) electrons. The van der Waals surface area contributed by atoms with E-state index < -0.39 is 42.4 Å². The molecular formula is C18H19BrF3N4O4-. The molecule has 0 spiro atoms. The minimum Gasteiger partial charge on any atom is -0.702 e. The molecule has 1 aromatic heterocycles. The topological polar surface area (TPSA) is 131 Å². The molecule has 12 heteroatoms. The van der Waals surface area contributed by atoms with Gasteiger partial charge in [0.05, 0.1) is 11.1 Å². The first-order valence-electron chi connectivity index (χ1n) is 8.47. The number of carbonyl (C=O) groups is 1. The summed E-state index contributed by atoms with van der Waals surface area (Å²) in [5.41, 5.74) is 8.77. The third-order valence-corrected chi connectivity index (χ3v) is 5.09. The van der Waals surface area contributed by atoms with E-state index in [2.05, 4.69) is 25.9 Å². The van der Waals surface area contributed by atoms with Gasteiger partial charge in [-0.1, -0.05) is 12.1 Å². The number of hydrogen-bond acceptors (Lipinski definition) is 6. The van der Waals surface area contributed by atoms with Gasteiger partial charge in [-0.05, 0) is 34.5 Å². The van der Waals surface area contributed by atoms with Gasteiger partial charge in [0.1, 0.15) is 24.0 Å². The highest BCUT2D eigenvalue weighted by molar-refractivity contribution is 9.11. The molecule has 2 heterocycles. The second-order valence-electron chi connectivity index (χ2n) is 6.38. The summed E-state index contributed by atoms with van der Waals surface area (Å²) < 4.78 is 52.3. The van der Waals surface area contributed by atoms with E-state index in [0.717, 1.165) is 7.11 Å². The highest BCUT2D eigenvalue weighted by Gasteiger charge is 2.63. The number of carboxylic acid groups (broad SMARTS) is 1. The number of nitrogens with zero attached hydrogens (tertiary/aromatic N) is 2. The monoisotopic (exact) mass is 491 g/mol. The van der Waals surface area contributed by atoms with Crippen molar-refractivity contribution < 1.29 is 32.5 Å². The van der Waals surface area contributed by atoms with Gasteiger partial charge in [-0.3, -0.25) is 4.99 Å². The van der Waals surface area contributed by atoms with Crippen LogP contribution in [0.25, 0.3) is 5.73 Å². The third-order valence-electron chi connectivity index (χ3n) is 4.51. The molecule has 2 aliphatic rings. The van der Waals surface area contributed by atoms with Crippen molar-refractivity contribution in [3.05, 3.63) is 57.9 Å². The number of carboxylic acids is 1. The number of aromatic nitrogens is 1. The summed E-state index contributed by atoms with van der Waals surface area (Å²) in [7, 11) is 1.10. The zero-order valence-electron chi connectivity index (χ0n) is 15.7. The quantitative estimate of drug-likeness (QED) is 0.662. The second-order valence-corrected chi connectivity index (χ2v) is 7.23. The maximum Gasteiger partial charge on any atom is 0.354 e. The molecule has 164 valence electrons. The molecule has 0 bridgehead atoms. The van der Waals surface area contributed by atoms with E-state index >= 15 is 0 Å². The van der Waals surface area contributed by atoms with Crippen LogP contribution < -0.4 is 5.73 Å². The van der Waals surface area contributed by atoms with Gasteiger partial charge in [-0.25, -0.2) is 22.9 Å². The number of amidine groups is 1. The summed E-state index contributed by atoms with van der Waals surface area (Å²) in [5, 5.41) is 8.32. The fraction of sp³-hybridized carbons (Fsp3) is 0.389. The van der Waals surface area contributed by atoms with Gasteiger partial charge in [0.25, 0.3) is 6.43 Å². The van der Waals surface area contributed by atoms with Crippen molar-refractivity contribution in [2.45, 2.75) is 24.0 Å². The fourth-order valence-electron chi connectivity index (χ4n) is 3.10. The average molecular weight is 492 g/mol. The number of nitrogens with one attached hydrogen (secondary N) is 1. The summed E-state index contributed by atoms with van der Waals surface area (Å²) in [4.78, 5) is 17.5. The molecule has 0 saturated carbocycles. The Kier molecular flexibility index (Phi) is 7.61. The van der Waals surface area contributed by atoms with E-state index in [4.69, 9.17) is 26.0 Å². The SMILES string of the molecule is COC1(C2(C(F)F)COCC(N)=N2)CC([NH-])=CC(Br)=C1F.O=C(O)c1ccccn1. The largest absolute Gasteiger partial charge is 0.702 e. The van der Waals surface area contributed by atoms with Gasteiger partial charge in [0.15, 0.2) is 11.1 Å². The van der Waals surface area contributed by atoms with Crippen LogP contribution >= 0.6 is 15.9 Å². The number of allylic oxidation sites excluding steroid dienone is 2. The van der Waals surface area contributed by atoms with Gasteiger partial charge < -0.3 is 26.0 Å². The fourth-order valence-corrected chi connectivity index (χ4v) is 3.70. The normalized spacial score (nSPS) is 26.5. The molecule has 0 fully saturated rings. The first-order chi connectivity index (χ1) is 14.1. The van der Waals surface area contributed by atoms with Crippen LogP contribution in [0.4, 0.5) is 13.2 Å². The Morgan fingerprint density at radius 3 is 2.63 bits per heavy atom.